The van der Waals surface area contributed by atoms with Crippen LogP contribution in [0.2, 0.25) is 0 Å². The van der Waals surface area contributed by atoms with Gasteiger partial charge in [-0.15, -0.1) is 0 Å². The Morgan fingerprint density at radius 2 is 2.53 bits per heavy atom. The van der Waals surface area contributed by atoms with E-state index in [1.165, 1.54) is 6.39 Å². The predicted octanol–water partition coefficient (Wildman–Crippen LogP) is -0.287. The zero-order valence-corrected chi connectivity index (χ0v) is 8.77. The molecule has 0 fully saturated rings. The highest BCUT2D eigenvalue weighted by molar-refractivity contribution is 5.78. The second kappa shape index (κ2) is 6.13. The lowest BCUT2D eigenvalue weighted by Gasteiger charge is -2.09. The third-order valence-corrected chi connectivity index (χ3v) is 2.10. The van der Waals surface area contributed by atoms with E-state index in [1.807, 2.05) is 6.92 Å². The predicted molar refractivity (Wildman–Crippen MR) is 53.8 cm³/mol. The van der Waals surface area contributed by atoms with Crippen LogP contribution in [0.1, 0.15) is 19.2 Å². The van der Waals surface area contributed by atoms with Crippen LogP contribution in [0.25, 0.3) is 0 Å². The summed E-state index contributed by atoms with van der Waals surface area (Å²) in [5.74, 6) is 0.575. The summed E-state index contributed by atoms with van der Waals surface area (Å²) in [6, 6.07) is 0. The summed E-state index contributed by atoms with van der Waals surface area (Å²) in [5, 5.41) is 6.43. The van der Waals surface area contributed by atoms with Gasteiger partial charge in [0.15, 0.2) is 5.82 Å². The minimum absolute atomic E-state index is 0.0175. The summed E-state index contributed by atoms with van der Waals surface area (Å²) in [6.07, 6.45) is 2.56. The second-order valence-corrected chi connectivity index (χ2v) is 3.37. The largest absolute Gasteiger partial charge is 0.355 e. The van der Waals surface area contributed by atoms with E-state index in [0.717, 1.165) is 0 Å². The quantitative estimate of drug-likeness (QED) is 0.676. The molecule has 15 heavy (non-hydrogen) atoms. The van der Waals surface area contributed by atoms with Crippen LogP contribution in [0.15, 0.2) is 10.9 Å². The third kappa shape index (κ3) is 4.07. The number of nitrogens with zero attached hydrogens (tertiary/aromatic N) is 2. The fourth-order valence-electron chi connectivity index (χ4n) is 1.16. The van der Waals surface area contributed by atoms with Crippen LogP contribution >= 0.6 is 0 Å². The highest BCUT2D eigenvalue weighted by atomic mass is 16.5. The highest BCUT2D eigenvalue weighted by Crippen LogP contribution is 1.99. The number of rotatable bonds is 6. The number of nitrogens with one attached hydrogen (secondary N) is 1. The van der Waals surface area contributed by atoms with Gasteiger partial charge in [-0.25, -0.2) is 0 Å². The molecule has 1 amide bonds. The number of carbonyl (C=O) groups is 1. The maximum absolute atomic E-state index is 11.4. The van der Waals surface area contributed by atoms with Crippen molar-refractivity contribution in [1.82, 2.24) is 15.5 Å². The van der Waals surface area contributed by atoms with E-state index in [2.05, 4.69) is 20.0 Å². The first kappa shape index (κ1) is 11.6. The van der Waals surface area contributed by atoms with Crippen molar-refractivity contribution < 1.29 is 9.32 Å². The van der Waals surface area contributed by atoms with Crippen LogP contribution in [0.4, 0.5) is 0 Å². The standard InChI is InChI=1S/C9H16N4O2/c1-7(2-4-10)9(14)11-5-3-8-12-6-15-13-8/h6-7H,2-5,10H2,1H3,(H,11,14). The van der Waals surface area contributed by atoms with Crippen LogP contribution in [0.3, 0.4) is 0 Å². The Morgan fingerprint density at radius 3 is 3.13 bits per heavy atom. The topological polar surface area (TPSA) is 94.0 Å². The van der Waals surface area contributed by atoms with Gasteiger partial charge in [0.25, 0.3) is 0 Å². The molecule has 1 rings (SSSR count). The van der Waals surface area contributed by atoms with E-state index in [9.17, 15) is 4.79 Å². The minimum Gasteiger partial charge on any atom is -0.355 e. The van der Waals surface area contributed by atoms with E-state index in [1.54, 1.807) is 0 Å². The molecule has 0 saturated carbocycles. The summed E-state index contributed by atoms with van der Waals surface area (Å²) < 4.78 is 4.57. The Bertz CT molecular complexity index is 286. The smallest absolute Gasteiger partial charge is 0.222 e. The van der Waals surface area contributed by atoms with Gasteiger partial charge in [0.2, 0.25) is 12.3 Å². The zero-order valence-electron chi connectivity index (χ0n) is 8.77. The molecule has 6 nitrogen and oxygen atoms in total. The molecule has 0 bridgehead atoms. The molecule has 0 spiro atoms. The summed E-state index contributed by atoms with van der Waals surface area (Å²) >= 11 is 0. The monoisotopic (exact) mass is 212 g/mol. The van der Waals surface area contributed by atoms with Gasteiger partial charge >= 0.3 is 0 Å². The lowest BCUT2D eigenvalue weighted by molar-refractivity contribution is -0.124. The minimum atomic E-state index is -0.0414. The molecule has 1 atom stereocenters. The first-order valence-corrected chi connectivity index (χ1v) is 4.97. The number of aromatic nitrogens is 2. The van der Waals surface area contributed by atoms with Crippen molar-refractivity contribution in [3.63, 3.8) is 0 Å². The molecule has 6 heteroatoms. The Kier molecular flexibility index (Phi) is 4.76. The molecule has 0 aliphatic rings. The number of hydrogen-bond donors (Lipinski definition) is 2. The van der Waals surface area contributed by atoms with Gasteiger partial charge in [0.05, 0.1) is 0 Å². The number of carbonyl (C=O) groups excluding carboxylic acids is 1. The molecule has 0 radical (unpaired) electrons. The number of amides is 1. The van der Waals surface area contributed by atoms with Crippen molar-refractivity contribution in [2.75, 3.05) is 13.1 Å². The first-order chi connectivity index (χ1) is 7.24. The van der Waals surface area contributed by atoms with Gasteiger partial charge in [0.1, 0.15) is 0 Å². The molecule has 1 aromatic rings. The molecule has 0 aromatic carbocycles. The summed E-state index contributed by atoms with van der Waals surface area (Å²) in [5.41, 5.74) is 5.36. The fourth-order valence-corrected chi connectivity index (χ4v) is 1.16. The zero-order chi connectivity index (χ0) is 11.1. The van der Waals surface area contributed by atoms with E-state index in [-0.39, 0.29) is 11.8 Å². The molecule has 0 saturated heterocycles. The average Bonchev–Trinajstić information content (AvgIpc) is 2.71. The molecular formula is C9H16N4O2. The van der Waals surface area contributed by atoms with Crippen molar-refractivity contribution in [1.29, 1.82) is 0 Å². The van der Waals surface area contributed by atoms with Crippen LogP contribution in [0, 0.1) is 5.92 Å². The Balaban J connectivity index is 2.17. The summed E-state index contributed by atoms with van der Waals surface area (Å²) in [6.45, 7) is 2.91. The average molecular weight is 212 g/mol. The van der Waals surface area contributed by atoms with Crippen LogP contribution in [0.5, 0.6) is 0 Å². The van der Waals surface area contributed by atoms with Crippen molar-refractivity contribution in [2.24, 2.45) is 11.7 Å². The van der Waals surface area contributed by atoms with E-state index >= 15 is 0 Å². The number of nitrogens with two attached hydrogens (primary N) is 1. The van der Waals surface area contributed by atoms with Crippen LogP contribution in [-0.2, 0) is 11.2 Å². The van der Waals surface area contributed by atoms with Crippen molar-refractivity contribution >= 4 is 5.91 Å². The van der Waals surface area contributed by atoms with Gasteiger partial charge in [-0.3, -0.25) is 4.79 Å². The van der Waals surface area contributed by atoms with Gasteiger partial charge < -0.3 is 15.6 Å². The fraction of sp³-hybridized carbons (Fsp3) is 0.667. The lowest BCUT2D eigenvalue weighted by atomic mass is 10.1. The van der Waals surface area contributed by atoms with Crippen molar-refractivity contribution in [3.05, 3.63) is 12.2 Å². The molecule has 1 aromatic heterocycles. The van der Waals surface area contributed by atoms with Crippen LogP contribution < -0.4 is 11.1 Å². The molecule has 1 unspecified atom stereocenters. The summed E-state index contributed by atoms with van der Waals surface area (Å²) in [4.78, 5) is 15.3. The molecule has 0 aliphatic carbocycles. The normalized spacial score (nSPS) is 12.4. The van der Waals surface area contributed by atoms with Gasteiger partial charge in [0, 0.05) is 18.9 Å². The Hall–Kier alpha value is -1.43. The molecule has 0 aliphatic heterocycles. The SMILES string of the molecule is CC(CCN)C(=O)NCCc1ncon1. The van der Waals surface area contributed by atoms with Gasteiger partial charge in [-0.1, -0.05) is 12.1 Å². The number of hydrogen-bond acceptors (Lipinski definition) is 5. The second-order valence-electron chi connectivity index (χ2n) is 3.37. The molecule has 1 heterocycles. The first-order valence-electron chi connectivity index (χ1n) is 4.97. The van der Waals surface area contributed by atoms with E-state index < -0.39 is 0 Å². The molecule has 3 N–H and O–H groups in total. The van der Waals surface area contributed by atoms with Crippen molar-refractivity contribution in [2.45, 2.75) is 19.8 Å². The summed E-state index contributed by atoms with van der Waals surface area (Å²) in [7, 11) is 0. The van der Waals surface area contributed by atoms with Crippen LogP contribution in [-0.4, -0.2) is 29.1 Å². The van der Waals surface area contributed by atoms with E-state index in [4.69, 9.17) is 5.73 Å². The van der Waals surface area contributed by atoms with Gasteiger partial charge in [-0.2, -0.15) is 4.98 Å². The molecular weight excluding hydrogens is 196 g/mol. The van der Waals surface area contributed by atoms with Crippen molar-refractivity contribution in [3.8, 4) is 0 Å². The van der Waals surface area contributed by atoms with E-state index in [0.29, 0.717) is 31.8 Å². The van der Waals surface area contributed by atoms with Gasteiger partial charge in [-0.05, 0) is 13.0 Å². The Morgan fingerprint density at radius 1 is 1.73 bits per heavy atom. The lowest BCUT2D eigenvalue weighted by Crippen LogP contribution is -2.32. The maximum Gasteiger partial charge on any atom is 0.222 e. The Labute approximate surface area is 88.2 Å². The highest BCUT2D eigenvalue weighted by Gasteiger charge is 2.11. The maximum atomic E-state index is 11.4. The molecule has 84 valence electrons. The third-order valence-electron chi connectivity index (χ3n) is 2.10.